The van der Waals surface area contributed by atoms with Crippen molar-refractivity contribution in [2.24, 2.45) is 0 Å². The molecule has 0 unspecified atom stereocenters. The van der Waals surface area contributed by atoms with E-state index in [1.54, 1.807) is 6.20 Å². The molecule has 0 radical (unpaired) electrons. The SMILES string of the molecule is CCCc1c(C(=O)N(CC)Cc2ccccc2)cnn1-c1ccccc1. The normalized spacial score (nSPS) is 10.7. The molecule has 0 aliphatic carbocycles. The highest BCUT2D eigenvalue weighted by molar-refractivity contribution is 5.95. The third kappa shape index (κ3) is 3.85. The number of hydrogen-bond acceptors (Lipinski definition) is 2. The molecule has 0 aliphatic heterocycles. The molecule has 3 aromatic rings. The Labute approximate surface area is 155 Å². The Morgan fingerprint density at radius 2 is 1.65 bits per heavy atom. The second-order valence-corrected chi connectivity index (χ2v) is 6.31. The van der Waals surface area contributed by atoms with E-state index >= 15 is 0 Å². The number of para-hydroxylation sites is 1. The van der Waals surface area contributed by atoms with E-state index in [-0.39, 0.29) is 5.91 Å². The molecule has 0 spiro atoms. The Morgan fingerprint density at radius 3 is 2.27 bits per heavy atom. The van der Waals surface area contributed by atoms with E-state index in [9.17, 15) is 4.79 Å². The minimum atomic E-state index is 0.0435. The van der Waals surface area contributed by atoms with Gasteiger partial charge >= 0.3 is 0 Å². The molecule has 1 amide bonds. The Kier molecular flexibility index (Phi) is 5.84. The zero-order valence-corrected chi connectivity index (χ0v) is 15.4. The lowest BCUT2D eigenvalue weighted by Gasteiger charge is -2.21. The first kappa shape index (κ1) is 17.9. The Morgan fingerprint density at radius 1 is 1.00 bits per heavy atom. The highest BCUT2D eigenvalue weighted by Crippen LogP contribution is 2.19. The Balaban J connectivity index is 1.92. The summed E-state index contributed by atoms with van der Waals surface area (Å²) in [4.78, 5) is 15.1. The van der Waals surface area contributed by atoms with E-state index in [2.05, 4.69) is 24.2 Å². The van der Waals surface area contributed by atoms with E-state index in [0.717, 1.165) is 29.8 Å². The smallest absolute Gasteiger partial charge is 0.257 e. The summed E-state index contributed by atoms with van der Waals surface area (Å²) < 4.78 is 1.90. The average Bonchev–Trinajstić information content (AvgIpc) is 3.11. The first-order chi connectivity index (χ1) is 12.7. The van der Waals surface area contributed by atoms with Gasteiger partial charge in [0.15, 0.2) is 0 Å². The van der Waals surface area contributed by atoms with Crippen LogP contribution in [-0.4, -0.2) is 27.1 Å². The van der Waals surface area contributed by atoms with Crippen molar-refractivity contribution < 1.29 is 4.79 Å². The van der Waals surface area contributed by atoms with Crippen molar-refractivity contribution in [2.45, 2.75) is 33.2 Å². The van der Waals surface area contributed by atoms with Crippen LogP contribution in [0.25, 0.3) is 5.69 Å². The Hall–Kier alpha value is -2.88. The van der Waals surface area contributed by atoms with Gasteiger partial charge in [-0.15, -0.1) is 0 Å². The molecular formula is C22H25N3O. The summed E-state index contributed by atoms with van der Waals surface area (Å²) in [5.41, 5.74) is 3.81. The van der Waals surface area contributed by atoms with Gasteiger partial charge in [-0.05, 0) is 31.0 Å². The molecule has 0 fully saturated rings. The lowest BCUT2D eigenvalue weighted by Crippen LogP contribution is -2.31. The average molecular weight is 347 g/mol. The van der Waals surface area contributed by atoms with E-state index in [1.807, 2.05) is 65.0 Å². The fraction of sp³-hybridized carbons (Fsp3) is 0.273. The third-order valence-electron chi connectivity index (χ3n) is 4.47. The van der Waals surface area contributed by atoms with Crippen molar-refractivity contribution >= 4 is 5.91 Å². The topological polar surface area (TPSA) is 38.1 Å². The van der Waals surface area contributed by atoms with Gasteiger partial charge in [-0.25, -0.2) is 4.68 Å². The molecule has 26 heavy (non-hydrogen) atoms. The maximum Gasteiger partial charge on any atom is 0.257 e. The van der Waals surface area contributed by atoms with Crippen LogP contribution in [0.1, 0.15) is 41.9 Å². The summed E-state index contributed by atoms with van der Waals surface area (Å²) in [6.07, 6.45) is 3.50. The van der Waals surface area contributed by atoms with Crippen LogP contribution >= 0.6 is 0 Å². The quantitative estimate of drug-likeness (QED) is 0.632. The van der Waals surface area contributed by atoms with Gasteiger partial charge in [0.1, 0.15) is 0 Å². The molecule has 0 saturated carbocycles. The minimum absolute atomic E-state index is 0.0435. The molecule has 4 heteroatoms. The van der Waals surface area contributed by atoms with Crippen LogP contribution in [0.15, 0.2) is 66.9 Å². The number of nitrogens with zero attached hydrogens (tertiary/aromatic N) is 3. The number of hydrogen-bond donors (Lipinski definition) is 0. The molecular weight excluding hydrogens is 322 g/mol. The van der Waals surface area contributed by atoms with Gasteiger partial charge in [-0.3, -0.25) is 4.79 Å². The molecule has 0 atom stereocenters. The van der Waals surface area contributed by atoms with Crippen LogP contribution in [0.3, 0.4) is 0 Å². The first-order valence-corrected chi connectivity index (χ1v) is 9.20. The molecule has 1 aromatic heterocycles. The maximum atomic E-state index is 13.2. The number of carbonyl (C=O) groups is 1. The van der Waals surface area contributed by atoms with Crippen molar-refractivity contribution in [3.63, 3.8) is 0 Å². The minimum Gasteiger partial charge on any atom is -0.334 e. The van der Waals surface area contributed by atoms with E-state index in [4.69, 9.17) is 0 Å². The van der Waals surface area contributed by atoms with Crippen molar-refractivity contribution in [3.05, 3.63) is 83.7 Å². The van der Waals surface area contributed by atoms with Gasteiger partial charge in [0.2, 0.25) is 0 Å². The van der Waals surface area contributed by atoms with Crippen LogP contribution < -0.4 is 0 Å². The van der Waals surface area contributed by atoms with Gasteiger partial charge in [0, 0.05) is 13.1 Å². The third-order valence-corrected chi connectivity index (χ3v) is 4.47. The van der Waals surface area contributed by atoms with Gasteiger partial charge in [0.25, 0.3) is 5.91 Å². The molecule has 0 bridgehead atoms. The summed E-state index contributed by atoms with van der Waals surface area (Å²) in [6.45, 7) is 5.41. The Bertz CT molecular complexity index is 840. The molecule has 4 nitrogen and oxygen atoms in total. The second-order valence-electron chi connectivity index (χ2n) is 6.31. The predicted octanol–water partition coefficient (Wildman–Crippen LogP) is 4.49. The number of carbonyl (C=O) groups excluding carboxylic acids is 1. The summed E-state index contributed by atoms with van der Waals surface area (Å²) in [5, 5.41) is 4.52. The van der Waals surface area contributed by atoms with Crippen LogP contribution in [0.5, 0.6) is 0 Å². The highest BCUT2D eigenvalue weighted by Gasteiger charge is 2.22. The van der Waals surface area contributed by atoms with Gasteiger partial charge in [-0.1, -0.05) is 61.9 Å². The maximum absolute atomic E-state index is 13.2. The molecule has 0 saturated heterocycles. The standard InChI is InChI=1S/C22H25N3O/c1-3-11-21-20(16-23-25(21)19-14-9-6-10-15-19)22(26)24(4-2)17-18-12-7-5-8-13-18/h5-10,12-16H,3-4,11,17H2,1-2H3. The van der Waals surface area contributed by atoms with Crippen LogP contribution in [0, 0.1) is 0 Å². The van der Waals surface area contributed by atoms with Gasteiger partial charge in [0.05, 0.1) is 23.1 Å². The predicted molar refractivity (Wildman–Crippen MR) is 104 cm³/mol. The molecule has 1 heterocycles. The van der Waals surface area contributed by atoms with Crippen LogP contribution in [0.4, 0.5) is 0 Å². The van der Waals surface area contributed by atoms with Crippen molar-refractivity contribution in [1.82, 2.24) is 14.7 Å². The summed E-state index contributed by atoms with van der Waals surface area (Å²) >= 11 is 0. The summed E-state index contributed by atoms with van der Waals surface area (Å²) in [6, 6.07) is 20.1. The zero-order chi connectivity index (χ0) is 18.4. The van der Waals surface area contributed by atoms with Crippen LogP contribution in [-0.2, 0) is 13.0 Å². The number of rotatable bonds is 7. The fourth-order valence-corrected chi connectivity index (χ4v) is 3.12. The molecule has 2 aromatic carbocycles. The number of amides is 1. The van der Waals surface area contributed by atoms with Crippen molar-refractivity contribution in [1.29, 1.82) is 0 Å². The monoisotopic (exact) mass is 347 g/mol. The lowest BCUT2D eigenvalue weighted by atomic mass is 10.1. The first-order valence-electron chi connectivity index (χ1n) is 9.20. The number of aromatic nitrogens is 2. The summed E-state index contributed by atoms with van der Waals surface area (Å²) in [5.74, 6) is 0.0435. The van der Waals surface area contributed by atoms with E-state index in [0.29, 0.717) is 18.7 Å². The van der Waals surface area contributed by atoms with E-state index in [1.165, 1.54) is 0 Å². The molecule has 0 aliphatic rings. The summed E-state index contributed by atoms with van der Waals surface area (Å²) in [7, 11) is 0. The fourth-order valence-electron chi connectivity index (χ4n) is 3.12. The van der Waals surface area contributed by atoms with Crippen LogP contribution in [0.2, 0.25) is 0 Å². The largest absolute Gasteiger partial charge is 0.334 e. The van der Waals surface area contributed by atoms with Gasteiger partial charge < -0.3 is 4.90 Å². The molecule has 3 rings (SSSR count). The van der Waals surface area contributed by atoms with E-state index < -0.39 is 0 Å². The van der Waals surface area contributed by atoms with Crippen molar-refractivity contribution in [2.75, 3.05) is 6.54 Å². The van der Waals surface area contributed by atoms with Crippen molar-refractivity contribution in [3.8, 4) is 5.69 Å². The second kappa shape index (κ2) is 8.48. The lowest BCUT2D eigenvalue weighted by molar-refractivity contribution is 0.0751. The van der Waals surface area contributed by atoms with Gasteiger partial charge in [-0.2, -0.15) is 5.10 Å². The molecule has 134 valence electrons. The highest BCUT2D eigenvalue weighted by atomic mass is 16.2. The number of benzene rings is 2. The zero-order valence-electron chi connectivity index (χ0n) is 15.4. The molecule has 0 N–H and O–H groups in total.